The number of carbonyl (C=O) groups excluding carboxylic acids is 2. The lowest BCUT2D eigenvalue weighted by Crippen LogP contribution is -2.14. The predicted octanol–water partition coefficient (Wildman–Crippen LogP) is 3.12. The third-order valence-electron chi connectivity index (χ3n) is 3.84. The molecule has 3 aromatic rings. The SMILES string of the molecule is COc1ccc(C(=O)OCC(=O)c2c[nH]c3ccccc23)cc1[N+](=O)[O-]. The molecule has 0 saturated heterocycles. The van der Waals surface area contributed by atoms with Crippen LogP contribution in [0.25, 0.3) is 10.9 Å². The summed E-state index contributed by atoms with van der Waals surface area (Å²) in [6.45, 7) is -0.472. The van der Waals surface area contributed by atoms with Crippen molar-refractivity contribution in [3.63, 3.8) is 0 Å². The van der Waals surface area contributed by atoms with Gasteiger partial charge in [0.1, 0.15) is 0 Å². The van der Waals surface area contributed by atoms with Crippen LogP contribution in [0.5, 0.6) is 5.75 Å². The second-order valence-electron chi connectivity index (χ2n) is 5.39. The van der Waals surface area contributed by atoms with Crippen molar-refractivity contribution in [2.75, 3.05) is 13.7 Å². The first-order valence-electron chi connectivity index (χ1n) is 7.60. The molecular formula is C18H14N2O6. The lowest BCUT2D eigenvalue weighted by Gasteiger charge is -2.06. The summed E-state index contributed by atoms with van der Waals surface area (Å²) < 4.78 is 9.88. The van der Waals surface area contributed by atoms with E-state index in [2.05, 4.69) is 4.98 Å². The lowest BCUT2D eigenvalue weighted by atomic mass is 10.1. The van der Waals surface area contributed by atoms with Crippen molar-refractivity contribution in [3.8, 4) is 5.75 Å². The Morgan fingerprint density at radius 1 is 1.19 bits per heavy atom. The topological polar surface area (TPSA) is 112 Å². The maximum absolute atomic E-state index is 12.3. The molecule has 0 fully saturated rings. The number of nitro groups is 1. The molecule has 0 aliphatic carbocycles. The Bertz CT molecular complexity index is 1010. The van der Waals surface area contributed by atoms with Gasteiger partial charge >= 0.3 is 11.7 Å². The highest BCUT2D eigenvalue weighted by Crippen LogP contribution is 2.27. The molecule has 132 valence electrons. The van der Waals surface area contributed by atoms with E-state index < -0.39 is 17.5 Å². The first kappa shape index (κ1) is 17.2. The fourth-order valence-corrected chi connectivity index (χ4v) is 2.55. The van der Waals surface area contributed by atoms with Gasteiger partial charge in [0.15, 0.2) is 12.4 Å². The maximum Gasteiger partial charge on any atom is 0.338 e. The molecule has 8 nitrogen and oxygen atoms in total. The number of hydrogen-bond acceptors (Lipinski definition) is 6. The number of methoxy groups -OCH3 is 1. The number of aromatic amines is 1. The number of H-pyrrole nitrogens is 1. The monoisotopic (exact) mass is 354 g/mol. The van der Waals surface area contributed by atoms with Crippen molar-refractivity contribution < 1.29 is 24.0 Å². The smallest absolute Gasteiger partial charge is 0.338 e. The van der Waals surface area contributed by atoms with Crippen LogP contribution in [0, 0.1) is 10.1 Å². The van der Waals surface area contributed by atoms with Gasteiger partial charge in [-0.3, -0.25) is 14.9 Å². The zero-order valence-corrected chi connectivity index (χ0v) is 13.7. The van der Waals surface area contributed by atoms with Gasteiger partial charge in [0.2, 0.25) is 5.78 Å². The highest BCUT2D eigenvalue weighted by molar-refractivity contribution is 6.09. The molecule has 0 atom stereocenters. The van der Waals surface area contributed by atoms with Gasteiger partial charge in [-0.05, 0) is 18.2 Å². The average Bonchev–Trinajstić information content (AvgIpc) is 3.09. The number of benzene rings is 2. The molecule has 0 saturated carbocycles. The van der Waals surface area contributed by atoms with E-state index in [-0.39, 0.29) is 22.8 Å². The Labute approximate surface area is 147 Å². The molecule has 2 aromatic carbocycles. The predicted molar refractivity (Wildman–Crippen MR) is 92.6 cm³/mol. The lowest BCUT2D eigenvalue weighted by molar-refractivity contribution is -0.385. The Balaban J connectivity index is 1.73. The third kappa shape index (κ3) is 3.25. The van der Waals surface area contributed by atoms with Crippen molar-refractivity contribution in [2.24, 2.45) is 0 Å². The van der Waals surface area contributed by atoms with Crippen LogP contribution in [-0.4, -0.2) is 35.4 Å². The summed E-state index contributed by atoms with van der Waals surface area (Å²) >= 11 is 0. The van der Waals surface area contributed by atoms with Crippen LogP contribution >= 0.6 is 0 Å². The van der Waals surface area contributed by atoms with Crippen molar-refractivity contribution in [2.45, 2.75) is 0 Å². The number of aromatic nitrogens is 1. The summed E-state index contributed by atoms with van der Waals surface area (Å²) in [5.74, 6) is -1.18. The van der Waals surface area contributed by atoms with Gasteiger partial charge in [-0.1, -0.05) is 18.2 Å². The molecule has 26 heavy (non-hydrogen) atoms. The van der Waals surface area contributed by atoms with Gasteiger partial charge in [-0.15, -0.1) is 0 Å². The fraction of sp³-hybridized carbons (Fsp3) is 0.111. The Morgan fingerprint density at radius 2 is 1.96 bits per heavy atom. The number of nitrogens with one attached hydrogen (secondary N) is 1. The van der Waals surface area contributed by atoms with E-state index in [1.54, 1.807) is 18.3 Å². The molecule has 0 spiro atoms. The summed E-state index contributed by atoms with van der Waals surface area (Å²) in [6, 6.07) is 10.9. The first-order chi connectivity index (χ1) is 12.5. The number of hydrogen-bond donors (Lipinski definition) is 1. The number of Topliss-reactive ketones (excluding diaryl/α,β-unsaturated/α-hetero) is 1. The van der Waals surface area contributed by atoms with Crippen LogP contribution in [0.1, 0.15) is 20.7 Å². The normalized spacial score (nSPS) is 10.5. The van der Waals surface area contributed by atoms with Gasteiger partial charge in [-0.25, -0.2) is 4.79 Å². The zero-order chi connectivity index (χ0) is 18.7. The van der Waals surface area contributed by atoms with Gasteiger partial charge in [0.05, 0.1) is 17.6 Å². The number of carbonyl (C=O) groups is 2. The third-order valence-corrected chi connectivity index (χ3v) is 3.84. The van der Waals surface area contributed by atoms with E-state index in [0.717, 1.165) is 17.0 Å². The number of fused-ring (bicyclic) bond motifs is 1. The van der Waals surface area contributed by atoms with E-state index in [0.29, 0.717) is 5.56 Å². The summed E-state index contributed by atoms with van der Waals surface area (Å²) in [6.07, 6.45) is 1.55. The Kier molecular flexibility index (Phi) is 4.66. The van der Waals surface area contributed by atoms with Gasteiger partial charge < -0.3 is 14.5 Å². The Hall–Kier alpha value is -3.68. The van der Waals surface area contributed by atoms with Gasteiger partial charge in [0.25, 0.3) is 0 Å². The van der Waals surface area contributed by atoms with E-state index in [1.807, 2.05) is 12.1 Å². The van der Waals surface area contributed by atoms with Crippen LogP contribution in [0.15, 0.2) is 48.7 Å². The second kappa shape index (κ2) is 7.06. The van der Waals surface area contributed by atoms with Crippen LogP contribution < -0.4 is 4.74 Å². The number of rotatable bonds is 6. The molecule has 1 heterocycles. The van der Waals surface area contributed by atoms with Gasteiger partial charge in [-0.2, -0.15) is 0 Å². The van der Waals surface area contributed by atoms with Crippen molar-refractivity contribution in [3.05, 3.63) is 69.9 Å². The maximum atomic E-state index is 12.3. The summed E-state index contributed by atoms with van der Waals surface area (Å²) in [4.78, 5) is 37.7. The zero-order valence-electron chi connectivity index (χ0n) is 13.7. The Morgan fingerprint density at radius 3 is 2.69 bits per heavy atom. The van der Waals surface area contributed by atoms with Crippen LogP contribution in [-0.2, 0) is 4.74 Å². The summed E-state index contributed by atoms with van der Waals surface area (Å²) in [5, 5.41) is 11.7. The molecule has 3 rings (SSSR count). The standard InChI is InChI=1S/C18H14N2O6/c1-25-17-7-6-11(8-15(17)20(23)24)18(22)26-10-16(21)13-9-19-14-5-3-2-4-12(13)14/h2-9,19H,10H2,1H3. The van der Waals surface area contributed by atoms with E-state index in [1.165, 1.54) is 19.2 Å². The molecule has 0 amide bonds. The fourth-order valence-electron chi connectivity index (χ4n) is 2.55. The molecule has 8 heteroatoms. The largest absolute Gasteiger partial charge is 0.490 e. The summed E-state index contributed by atoms with van der Waals surface area (Å²) in [7, 11) is 1.29. The summed E-state index contributed by atoms with van der Waals surface area (Å²) in [5.41, 5.74) is 0.816. The highest BCUT2D eigenvalue weighted by atomic mass is 16.6. The first-order valence-corrected chi connectivity index (χ1v) is 7.60. The molecular weight excluding hydrogens is 340 g/mol. The molecule has 1 N–H and O–H groups in total. The van der Waals surface area contributed by atoms with Crippen LogP contribution in [0.3, 0.4) is 0 Å². The number of nitrogens with zero attached hydrogens (tertiary/aromatic N) is 1. The second-order valence-corrected chi connectivity index (χ2v) is 5.39. The number of ether oxygens (including phenoxy) is 2. The molecule has 0 radical (unpaired) electrons. The highest BCUT2D eigenvalue weighted by Gasteiger charge is 2.20. The quantitative estimate of drug-likeness (QED) is 0.315. The molecule has 0 bridgehead atoms. The minimum atomic E-state index is -0.830. The van der Waals surface area contributed by atoms with Crippen molar-refractivity contribution >= 4 is 28.3 Å². The minimum absolute atomic E-state index is 0.0291. The number of ketones is 1. The van der Waals surface area contributed by atoms with Crippen molar-refractivity contribution in [1.29, 1.82) is 0 Å². The van der Waals surface area contributed by atoms with Crippen LogP contribution in [0.2, 0.25) is 0 Å². The van der Waals surface area contributed by atoms with Gasteiger partial charge in [0, 0.05) is 28.7 Å². The van der Waals surface area contributed by atoms with Crippen molar-refractivity contribution in [1.82, 2.24) is 4.98 Å². The number of nitro benzene ring substituents is 1. The molecule has 0 unspecified atom stereocenters. The average molecular weight is 354 g/mol. The number of para-hydroxylation sites is 1. The van der Waals surface area contributed by atoms with E-state index >= 15 is 0 Å². The molecule has 1 aromatic heterocycles. The van der Waals surface area contributed by atoms with E-state index in [4.69, 9.17) is 9.47 Å². The number of esters is 1. The van der Waals surface area contributed by atoms with Crippen LogP contribution in [0.4, 0.5) is 5.69 Å². The van der Waals surface area contributed by atoms with E-state index in [9.17, 15) is 19.7 Å². The minimum Gasteiger partial charge on any atom is -0.490 e. The molecule has 0 aliphatic rings. The molecule has 0 aliphatic heterocycles.